The number of ether oxygens (including phenoxy) is 1. The van der Waals surface area contributed by atoms with Crippen LogP contribution in [0.3, 0.4) is 0 Å². The first-order valence-corrected chi connectivity index (χ1v) is 9.59. The number of carbonyl (C=O) groups is 2. The third kappa shape index (κ3) is 7.59. The molecule has 146 valence electrons. The maximum atomic E-state index is 12.5. The van der Waals surface area contributed by atoms with Gasteiger partial charge < -0.3 is 9.64 Å². The summed E-state index contributed by atoms with van der Waals surface area (Å²) in [5, 5.41) is 0. The van der Waals surface area contributed by atoms with Gasteiger partial charge in [-0.3, -0.25) is 9.59 Å². The number of rotatable bonds is 11. The Bertz CT molecular complexity index is 526. The van der Waals surface area contributed by atoms with Crippen molar-refractivity contribution in [1.82, 2.24) is 4.90 Å². The fourth-order valence-corrected chi connectivity index (χ4v) is 2.99. The Morgan fingerprint density at radius 1 is 0.962 bits per heavy atom. The van der Waals surface area contributed by atoms with E-state index in [1.54, 1.807) is 6.92 Å². The van der Waals surface area contributed by atoms with Crippen LogP contribution in [0.4, 0.5) is 0 Å². The predicted molar refractivity (Wildman–Crippen MR) is 107 cm³/mol. The molecule has 0 aromatic rings. The molecular weight excluding hydrogens is 326 g/mol. The van der Waals surface area contributed by atoms with Gasteiger partial charge in [-0.25, -0.2) is 0 Å². The molecule has 1 aliphatic heterocycles. The molecule has 4 heteroatoms. The minimum atomic E-state index is -0.269. The van der Waals surface area contributed by atoms with Crippen molar-refractivity contribution >= 4 is 11.7 Å². The molecule has 0 radical (unpaired) electrons. The standard InChI is InChI=1S/C22H35NO3/c1-17(2)19(5)26-16-22(6,12-10-20(24)18(3)4)13-11-21(25)23-14-8-7-9-15-23/h1,3,5,7-16H2,2,4,6H3. The van der Waals surface area contributed by atoms with Gasteiger partial charge in [-0.1, -0.05) is 26.7 Å². The summed E-state index contributed by atoms with van der Waals surface area (Å²) in [4.78, 5) is 26.5. The molecule has 1 fully saturated rings. The van der Waals surface area contributed by atoms with Crippen molar-refractivity contribution in [3.63, 3.8) is 0 Å². The molecule has 0 bridgehead atoms. The van der Waals surface area contributed by atoms with E-state index in [1.807, 2.05) is 11.8 Å². The van der Waals surface area contributed by atoms with Crippen molar-refractivity contribution in [1.29, 1.82) is 0 Å². The number of Topliss-reactive ketones (excluding diaryl/α,β-unsaturated/α-hetero) is 1. The van der Waals surface area contributed by atoms with Crippen LogP contribution in [0.25, 0.3) is 0 Å². The lowest BCUT2D eigenvalue weighted by molar-refractivity contribution is -0.132. The number of nitrogens with zero attached hydrogens (tertiary/aromatic N) is 1. The second-order valence-electron chi connectivity index (χ2n) is 7.95. The van der Waals surface area contributed by atoms with Crippen LogP contribution in [0.2, 0.25) is 0 Å². The van der Waals surface area contributed by atoms with Crippen molar-refractivity contribution in [2.75, 3.05) is 19.7 Å². The maximum absolute atomic E-state index is 12.5. The number of amides is 1. The van der Waals surface area contributed by atoms with E-state index < -0.39 is 0 Å². The van der Waals surface area contributed by atoms with Crippen LogP contribution in [-0.4, -0.2) is 36.3 Å². The van der Waals surface area contributed by atoms with Crippen molar-refractivity contribution in [2.24, 2.45) is 5.41 Å². The molecule has 1 heterocycles. The highest BCUT2D eigenvalue weighted by atomic mass is 16.5. The molecular formula is C22H35NO3. The summed E-state index contributed by atoms with van der Waals surface area (Å²) in [6, 6.07) is 0. The summed E-state index contributed by atoms with van der Waals surface area (Å²) < 4.78 is 5.79. The highest BCUT2D eigenvalue weighted by molar-refractivity contribution is 5.94. The molecule has 0 aromatic carbocycles. The Hall–Kier alpha value is -1.84. The second-order valence-corrected chi connectivity index (χ2v) is 7.95. The molecule has 26 heavy (non-hydrogen) atoms. The minimum Gasteiger partial charge on any atom is -0.493 e. The molecule has 0 aromatic heterocycles. The van der Waals surface area contributed by atoms with Gasteiger partial charge in [0.2, 0.25) is 5.91 Å². The third-order valence-corrected chi connectivity index (χ3v) is 5.15. The number of hydrogen-bond acceptors (Lipinski definition) is 3. The first-order valence-electron chi connectivity index (χ1n) is 9.59. The number of carbonyl (C=O) groups excluding carboxylic acids is 2. The minimum absolute atomic E-state index is 0.0670. The van der Waals surface area contributed by atoms with E-state index in [-0.39, 0.29) is 17.1 Å². The van der Waals surface area contributed by atoms with E-state index in [0.29, 0.717) is 43.6 Å². The zero-order chi connectivity index (χ0) is 19.7. The van der Waals surface area contributed by atoms with E-state index in [9.17, 15) is 9.59 Å². The molecule has 1 rings (SSSR count). The lowest BCUT2D eigenvalue weighted by Gasteiger charge is -2.32. The molecule has 4 nitrogen and oxygen atoms in total. The Labute approximate surface area is 159 Å². The van der Waals surface area contributed by atoms with E-state index in [4.69, 9.17) is 4.74 Å². The van der Waals surface area contributed by atoms with Crippen LogP contribution in [-0.2, 0) is 14.3 Å². The zero-order valence-electron chi connectivity index (χ0n) is 16.9. The Morgan fingerprint density at radius 3 is 2.08 bits per heavy atom. The first-order chi connectivity index (χ1) is 12.1. The molecule has 0 spiro atoms. The Balaban J connectivity index is 2.66. The SMILES string of the molecule is C=C(C)C(=C)OCC(C)(CCC(=O)C(=C)C)CCC(=O)N1CCCCC1. The maximum Gasteiger partial charge on any atom is 0.222 e. The van der Waals surface area contributed by atoms with Crippen LogP contribution in [0, 0.1) is 5.41 Å². The Kier molecular flexibility index (Phi) is 8.83. The van der Waals surface area contributed by atoms with Crippen LogP contribution in [0.1, 0.15) is 65.7 Å². The number of hydrogen-bond donors (Lipinski definition) is 0. The fraction of sp³-hybridized carbons (Fsp3) is 0.636. The van der Waals surface area contributed by atoms with Gasteiger partial charge in [0.15, 0.2) is 5.78 Å². The summed E-state index contributed by atoms with van der Waals surface area (Å²) in [5.41, 5.74) is 1.09. The van der Waals surface area contributed by atoms with Crippen LogP contribution in [0.5, 0.6) is 0 Å². The average Bonchev–Trinajstić information content (AvgIpc) is 2.62. The van der Waals surface area contributed by atoms with E-state index in [1.165, 1.54) is 6.42 Å². The van der Waals surface area contributed by atoms with Crippen molar-refractivity contribution < 1.29 is 14.3 Å². The highest BCUT2D eigenvalue weighted by Crippen LogP contribution is 2.32. The number of likely N-dealkylation sites (tertiary alicyclic amines) is 1. The fourth-order valence-electron chi connectivity index (χ4n) is 2.99. The van der Waals surface area contributed by atoms with Gasteiger partial charge in [0.1, 0.15) is 5.76 Å². The van der Waals surface area contributed by atoms with Gasteiger partial charge >= 0.3 is 0 Å². The molecule has 1 atom stereocenters. The topological polar surface area (TPSA) is 46.6 Å². The lowest BCUT2D eigenvalue weighted by atomic mass is 9.80. The molecule has 1 amide bonds. The highest BCUT2D eigenvalue weighted by Gasteiger charge is 2.29. The quantitative estimate of drug-likeness (QED) is 0.301. The summed E-state index contributed by atoms with van der Waals surface area (Å²) in [5.74, 6) is 0.836. The third-order valence-electron chi connectivity index (χ3n) is 5.15. The smallest absolute Gasteiger partial charge is 0.222 e. The lowest BCUT2D eigenvalue weighted by Crippen LogP contribution is -2.36. The zero-order valence-corrected chi connectivity index (χ0v) is 16.9. The molecule has 0 saturated carbocycles. The second kappa shape index (κ2) is 10.3. The van der Waals surface area contributed by atoms with Crippen molar-refractivity contribution in [3.8, 4) is 0 Å². The van der Waals surface area contributed by atoms with E-state index in [2.05, 4.69) is 26.7 Å². The molecule has 1 saturated heterocycles. The largest absolute Gasteiger partial charge is 0.493 e. The summed E-state index contributed by atoms with van der Waals surface area (Å²) in [6.45, 7) is 19.3. The number of allylic oxidation sites excluding steroid dienone is 2. The van der Waals surface area contributed by atoms with Crippen molar-refractivity contribution in [2.45, 2.75) is 65.7 Å². The molecule has 1 unspecified atom stereocenters. The predicted octanol–water partition coefficient (Wildman–Crippen LogP) is 4.82. The summed E-state index contributed by atoms with van der Waals surface area (Å²) in [6.07, 6.45) is 5.66. The van der Waals surface area contributed by atoms with E-state index >= 15 is 0 Å². The van der Waals surface area contributed by atoms with Crippen LogP contribution >= 0.6 is 0 Å². The average molecular weight is 362 g/mol. The first kappa shape index (κ1) is 22.2. The molecule has 1 aliphatic rings. The summed E-state index contributed by atoms with van der Waals surface area (Å²) in [7, 11) is 0. The van der Waals surface area contributed by atoms with Gasteiger partial charge in [0.25, 0.3) is 0 Å². The molecule has 0 aliphatic carbocycles. The van der Waals surface area contributed by atoms with Gasteiger partial charge in [-0.15, -0.1) is 0 Å². The van der Waals surface area contributed by atoms with Gasteiger partial charge in [-0.2, -0.15) is 0 Å². The van der Waals surface area contributed by atoms with Gasteiger partial charge in [-0.05, 0) is 57.1 Å². The molecule has 0 N–H and O–H groups in total. The number of ketones is 1. The van der Waals surface area contributed by atoms with Gasteiger partial charge in [0, 0.05) is 31.3 Å². The monoisotopic (exact) mass is 361 g/mol. The Morgan fingerprint density at radius 2 is 1.54 bits per heavy atom. The van der Waals surface area contributed by atoms with Gasteiger partial charge in [0.05, 0.1) is 6.61 Å². The number of piperidine rings is 1. The van der Waals surface area contributed by atoms with Crippen LogP contribution < -0.4 is 0 Å². The van der Waals surface area contributed by atoms with Crippen molar-refractivity contribution in [3.05, 3.63) is 36.6 Å². The normalized spacial score (nSPS) is 16.5. The summed E-state index contributed by atoms with van der Waals surface area (Å²) >= 11 is 0. The van der Waals surface area contributed by atoms with E-state index in [0.717, 1.165) is 31.5 Å². The van der Waals surface area contributed by atoms with Crippen LogP contribution in [0.15, 0.2) is 36.6 Å².